The summed E-state index contributed by atoms with van der Waals surface area (Å²) in [5.41, 5.74) is 5.20. The summed E-state index contributed by atoms with van der Waals surface area (Å²) in [5, 5.41) is 0.563. The summed E-state index contributed by atoms with van der Waals surface area (Å²) in [5.74, 6) is 1.91. The van der Waals surface area contributed by atoms with E-state index in [2.05, 4.69) is 0 Å². The summed E-state index contributed by atoms with van der Waals surface area (Å²) in [4.78, 5) is 13.0. The molecule has 0 amide bonds. The molecule has 5 aromatic rings. The van der Waals surface area contributed by atoms with Gasteiger partial charge in [0.2, 0.25) is 0 Å². The molecule has 4 nitrogen and oxygen atoms in total. The van der Waals surface area contributed by atoms with Crippen LogP contribution in [0.1, 0.15) is 22.3 Å². The van der Waals surface area contributed by atoms with E-state index in [0.717, 1.165) is 33.6 Å². The van der Waals surface area contributed by atoms with Gasteiger partial charge in [0, 0.05) is 17.7 Å². The SMILES string of the molecule is Cc1ccc(-c2cc(=O)c3c(C)cc(OCc4ccccc4)cc3o2)cc1OCc1ccccc1. The molecule has 0 atom stereocenters. The van der Waals surface area contributed by atoms with Crippen LogP contribution in [0, 0.1) is 13.8 Å². The molecular weight excluding hydrogens is 436 g/mol. The molecule has 0 aliphatic heterocycles. The summed E-state index contributed by atoms with van der Waals surface area (Å²) < 4.78 is 18.3. The topological polar surface area (TPSA) is 48.7 Å². The third-order valence-corrected chi connectivity index (χ3v) is 5.96. The van der Waals surface area contributed by atoms with Crippen molar-refractivity contribution in [1.82, 2.24) is 0 Å². The van der Waals surface area contributed by atoms with Crippen LogP contribution in [-0.2, 0) is 13.2 Å². The largest absolute Gasteiger partial charge is 0.489 e. The van der Waals surface area contributed by atoms with E-state index in [4.69, 9.17) is 13.9 Å². The van der Waals surface area contributed by atoms with Crippen LogP contribution in [0.5, 0.6) is 11.5 Å². The molecule has 0 saturated heterocycles. The van der Waals surface area contributed by atoms with Crippen LogP contribution in [-0.4, -0.2) is 0 Å². The van der Waals surface area contributed by atoms with Gasteiger partial charge in [0.05, 0.1) is 5.39 Å². The summed E-state index contributed by atoms with van der Waals surface area (Å²) in [6, 6.07) is 31.0. The van der Waals surface area contributed by atoms with Gasteiger partial charge >= 0.3 is 0 Å². The van der Waals surface area contributed by atoms with E-state index in [0.29, 0.717) is 35.7 Å². The predicted octanol–water partition coefficient (Wildman–Crippen LogP) is 7.23. The van der Waals surface area contributed by atoms with Crippen LogP contribution in [0.15, 0.2) is 106 Å². The maximum absolute atomic E-state index is 13.0. The molecule has 0 N–H and O–H groups in total. The Hall–Kier alpha value is -4.31. The number of ether oxygens (including phenoxy) is 2. The first-order chi connectivity index (χ1) is 17.1. The number of benzene rings is 4. The molecule has 35 heavy (non-hydrogen) atoms. The normalized spacial score (nSPS) is 10.9. The molecule has 5 rings (SSSR count). The summed E-state index contributed by atoms with van der Waals surface area (Å²) >= 11 is 0. The highest BCUT2D eigenvalue weighted by Gasteiger charge is 2.13. The molecule has 1 aromatic heterocycles. The smallest absolute Gasteiger partial charge is 0.193 e. The van der Waals surface area contributed by atoms with Crippen LogP contribution in [0.2, 0.25) is 0 Å². The Balaban J connectivity index is 1.45. The number of hydrogen-bond acceptors (Lipinski definition) is 4. The van der Waals surface area contributed by atoms with E-state index in [1.165, 1.54) is 0 Å². The van der Waals surface area contributed by atoms with Gasteiger partial charge in [-0.25, -0.2) is 0 Å². The first-order valence-electron chi connectivity index (χ1n) is 11.6. The number of rotatable bonds is 7. The van der Waals surface area contributed by atoms with E-state index >= 15 is 0 Å². The fourth-order valence-corrected chi connectivity index (χ4v) is 4.07. The van der Waals surface area contributed by atoms with E-state index in [9.17, 15) is 4.79 Å². The van der Waals surface area contributed by atoms with Crippen molar-refractivity contribution in [3.05, 3.63) is 130 Å². The highest BCUT2D eigenvalue weighted by molar-refractivity contribution is 5.83. The lowest BCUT2D eigenvalue weighted by Crippen LogP contribution is -2.04. The second-order valence-corrected chi connectivity index (χ2v) is 8.62. The van der Waals surface area contributed by atoms with Crippen molar-refractivity contribution < 1.29 is 13.9 Å². The lowest BCUT2D eigenvalue weighted by atomic mass is 10.1. The maximum Gasteiger partial charge on any atom is 0.193 e. The zero-order valence-corrected chi connectivity index (χ0v) is 19.8. The van der Waals surface area contributed by atoms with Crippen molar-refractivity contribution >= 4 is 11.0 Å². The molecule has 0 radical (unpaired) electrons. The fraction of sp³-hybridized carbons (Fsp3) is 0.129. The Bertz CT molecular complexity index is 1520. The molecule has 0 spiro atoms. The Labute approximate surface area is 204 Å². The van der Waals surface area contributed by atoms with E-state index < -0.39 is 0 Å². The van der Waals surface area contributed by atoms with Crippen molar-refractivity contribution in [2.45, 2.75) is 27.1 Å². The molecule has 0 aliphatic rings. The number of aryl methyl sites for hydroxylation is 2. The first-order valence-corrected chi connectivity index (χ1v) is 11.6. The summed E-state index contributed by atoms with van der Waals surface area (Å²) in [6.45, 7) is 4.81. The van der Waals surface area contributed by atoms with Gasteiger partial charge < -0.3 is 13.9 Å². The van der Waals surface area contributed by atoms with E-state index in [-0.39, 0.29) is 5.43 Å². The Kier molecular flexibility index (Phi) is 6.36. The molecule has 174 valence electrons. The summed E-state index contributed by atoms with van der Waals surface area (Å²) in [7, 11) is 0. The van der Waals surface area contributed by atoms with Gasteiger partial charge in [-0.05, 0) is 48.2 Å². The Morgan fingerprint density at radius 2 is 1.34 bits per heavy atom. The molecule has 4 aromatic carbocycles. The van der Waals surface area contributed by atoms with Gasteiger partial charge in [0.1, 0.15) is 36.1 Å². The van der Waals surface area contributed by atoms with Crippen LogP contribution >= 0.6 is 0 Å². The van der Waals surface area contributed by atoms with Crippen molar-refractivity contribution in [3.63, 3.8) is 0 Å². The Morgan fingerprint density at radius 1 is 0.686 bits per heavy atom. The van der Waals surface area contributed by atoms with Crippen LogP contribution in [0.4, 0.5) is 0 Å². The first kappa shape index (κ1) is 22.5. The van der Waals surface area contributed by atoms with Crippen LogP contribution < -0.4 is 14.9 Å². The second kappa shape index (κ2) is 9.90. The minimum atomic E-state index is -0.0827. The summed E-state index contributed by atoms with van der Waals surface area (Å²) in [6.07, 6.45) is 0. The van der Waals surface area contributed by atoms with Crippen molar-refractivity contribution in [2.24, 2.45) is 0 Å². The molecule has 0 fully saturated rings. The third kappa shape index (κ3) is 5.12. The average Bonchev–Trinajstić information content (AvgIpc) is 2.88. The van der Waals surface area contributed by atoms with E-state index in [1.54, 1.807) is 12.1 Å². The van der Waals surface area contributed by atoms with Gasteiger partial charge in [-0.3, -0.25) is 4.79 Å². The van der Waals surface area contributed by atoms with Gasteiger partial charge in [0.25, 0.3) is 0 Å². The molecule has 0 bridgehead atoms. The van der Waals surface area contributed by atoms with Gasteiger partial charge in [-0.2, -0.15) is 0 Å². The molecule has 0 unspecified atom stereocenters. The third-order valence-electron chi connectivity index (χ3n) is 5.96. The molecule has 1 heterocycles. The maximum atomic E-state index is 13.0. The van der Waals surface area contributed by atoms with Crippen molar-refractivity contribution in [1.29, 1.82) is 0 Å². The quantitative estimate of drug-likeness (QED) is 0.256. The Morgan fingerprint density at radius 3 is 2.03 bits per heavy atom. The number of fused-ring (bicyclic) bond motifs is 1. The number of hydrogen-bond donors (Lipinski definition) is 0. The zero-order valence-electron chi connectivity index (χ0n) is 19.8. The zero-order chi connectivity index (χ0) is 24.2. The lowest BCUT2D eigenvalue weighted by molar-refractivity contribution is 0.304. The van der Waals surface area contributed by atoms with E-state index in [1.807, 2.05) is 98.8 Å². The highest BCUT2D eigenvalue weighted by Crippen LogP contribution is 2.31. The van der Waals surface area contributed by atoms with Crippen LogP contribution in [0.3, 0.4) is 0 Å². The minimum absolute atomic E-state index is 0.0827. The molecule has 4 heteroatoms. The standard InChI is InChI=1S/C31H26O4/c1-21-13-14-25(16-28(21)34-20-24-11-7-4-8-12-24)29-18-27(32)31-22(2)15-26(17-30(31)35-29)33-19-23-9-5-3-6-10-23/h3-18H,19-20H2,1-2H3. The highest BCUT2D eigenvalue weighted by atomic mass is 16.5. The molecule has 0 aliphatic carbocycles. The monoisotopic (exact) mass is 462 g/mol. The minimum Gasteiger partial charge on any atom is -0.489 e. The predicted molar refractivity (Wildman–Crippen MR) is 139 cm³/mol. The molecule has 0 saturated carbocycles. The van der Waals surface area contributed by atoms with Gasteiger partial charge in [0.15, 0.2) is 5.43 Å². The fourth-order valence-electron chi connectivity index (χ4n) is 4.07. The van der Waals surface area contributed by atoms with Gasteiger partial charge in [-0.15, -0.1) is 0 Å². The van der Waals surface area contributed by atoms with Crippen LogP contribution in [0.25, 0.3) is 22.3 Å². The van der Waals surface area contributed by atoms with Gasteiger partial charge in [-0.1, -0.05) is 72.8 Å². The average molecular weight is 463 g/mol. The van der Waals surface area contributed by atoms with Crippen molar-refractivity contribution in [2.75, 3.05) is 0 Å². The lowest BCUT2D eigenvalue weighted by Gasteiger charge is -2.12. The second-order valence-electron chi connectivity index (χ2n) is 8.62. The molecular formula is C31H26O4. The van der Waals surface area contributed by atoms with Crippen molar-refractivity contribution in [3.8, 4) is 22.8 Å².